The minimum Gasteiger partial charge on any atom is -0.0991 e. The summed E-state index contributed by atoms with van der Waals surface area (Å²) in [6.07, 6.45) is 13.2. The number of rotatable bonds is 2. The average molecular weight is 150 g/mol. The summed E-state index contributed by atoms with van der Waals surface area (Å²) in [7, 11) is 0. The molecule has 0 aliphatic heterocycles. The molecule has 0 spiro atoms. The van der Waals surface area contributed by atoms with E-state index >= 15 is 0 Å². The van der Waals surface area contributed by atoms with Gasteiger partial charge < -0.3 is 0 Å². The standard InChI is InChI=1S/C11H18/c1-3-4-8-11(2)9-6-5-7-10-11/h3-4,8H,1,5-7,9-10H2,2H3/b8-4+. The van der Waals surface area contributed by atoms with Crippen molar-refractivity contribution in [3.8, 4) is 0 Å². The van der Waals surface area contributed by atoms with Crippen LogP contribution in [-0.2, 0) is 0 Å². The highest BCUT2D eigenvalue weighted by atomic mass is 14.3. The van der Waals surface area contributed by atoms with E-state index in [2.05, 4.69) is 25.7 Å². The van der Waals surface area contributed by atoms with Gasteiger partial charge in [-0.25, -0.2) is 0 Å². The van der Waals surface area contributed by atoms with E-state index in [9.17, 15) is 0 Å². The van der Waals surface area contributed by atoms with Crippen LogP contribution in [0.2, 0.25) is 0 Å². The summed E-state index contributed by atoms with van der Waals surface area (Å²) in [5, 5.41) is 0. The maximum Gasteiger partial charge on any atom is -0.0143 e. The highest BCUT2D eigenvalue weighted by Crippen LogP contribution is 2.36. The molecule has 0 aromatic carbocycles. The van der Waals surface area contributed by atoms with E-state index in [1.807, 2.05) is 6.08 Å². The molecule has 0 atom stereocenters. The van der Waals surface area contributed by atoms with Gasteiger partial charge in [0.2, 0.25) is 0 Å². The summed E-state index contributed by atoms with van der Waals surface area (Å²) in [4.78, 5) is 0. The first-order valence-corrected chi connectivity index (χ1v) is 4.57. The largest absolute Gasteiger partial charge is 0.0991 e. The van der Waals surface area contributed by atoms with Gasteiger partial charge in [-0.1, -0.05) is 51.0 Å². The maximum absolute atomic E-state index is 3.69. The Hall–Kier alpha value is -0.520. The van der Waals surface area contributed by atoms with Crippen LogP contribution in [0.5, 0.6) is 0 Å². The molecule has 0 bridgehead atoms. The Kier molecular flexibility index (Phi) is 2.92. The highest BCUT2D eigenvalue weighted by Gasteiger charge is 2.22. The van der Waals surface area contributed by atoms with E-state index in [0.29, 0.717) is 5.41 Å². The third-order valence-electron chi connectivity index (χ3n) is 2.63. The first kappa shape index (κ1) is 8.58. The number of hydrogen-bond donors (Lipinski definition) is 0. The van der Waals surface area contributed by atoms with Crippen LogP contribution in [0.4, 0.5) is 0 Å². The molecule has 1 aliphatic rings. The Morgan fingerprint density at radius 2 is 1.82 bits per heavy atom. The Bertz CT molecular complexity index is 147. The van der Waals surface area contributed by atoms with Crippen LogP contribution in [0, 0.1) is 5.41 Å². The zero-order chi connectivity index (χ0) is 8.16. The van der Waals surface area contributed by atoms with E-state index in [-0.39, 0.29) is 0 Å². The van der Waals surface area contributed by atoms with Crippen molar-refractivity contribution >= 4 is 0 Å². The van der Waals surface area contributed by atoms with Crippen LogP contribution >= 0.6 is 0 Å². The van der Waals surface area contributed by atoms with Gasteiger partial charge in [-0.2, -0.15) is 0 Å². The third kappa shape index (κ3) is 2.53. The van der Waals surface area contributed by atoms with Crippen molar-refractivity contribution in [3.63, 3.8) is 0 Å². The predicted molar refractivity (Wildman–Crippen MR) is 50.5 cm³/mol. The quantitative estimate of drug-likeness (QED) is 0.526. The summed E-state index contributed by atoms with van der Waals surface area (Å²) < 4.78 is 0. The zero-order valence-electron chi connectivity index (χ0n) is 7.47. The van der Waals surface area contributed by atoms with Gasteiger partial charge in [0.05, 0.1) is 0 Å². The Morgan fingerprint density at radius 1 is 1.18 bits per heavy atom. The van der Waals surface area contributed by atoms with Crippen molar-refractivity contribution in [2.75, 3.05) is 0 Å². The molecule has 0 saturated heterocycles. The van der Waals surface area contributed by atoms with E-state index in [1.54, 1.807) is 0 Å². The molecular formula is C11H18. The molecule has 0 nitrogen and oxygen atoms in total. The van der Waals surface area contributed by atoms with Gasteiger partial charge in [0.15, 0.2) is 0 Å². The summed E-state index contributed by atoms with van der Waals surface area (Å²) in [5.41, 5.74) is 0.479. The molecule has 1 saturated carbocycles. The molecule has 0 heteroatoms. The number of allylic oxidation sites excluding steroid dienone is 3. The van der Waals surface area contributed by atoms with Crippen LogP contribution in [-0.4, -0.2) is 0 Å². The molecule has 0 aromatic rings. The van der Waals surface area contributed by atoms with Gasteiger partial charge in [0.1, 0.15) is 0 Å². The lowest BCUT2D eigenvalue weighted by Crippen LogP contribution is -2.16. The maximum atomic E-state index is 3.69. The van der Waals surface area contributed by atoms with Gasteiger partial charge in [-0.05, 0) is 18.3 Å². The molecule has 0 heterocycles. The Morgan fingerprint density at radius 3 is 2.36 bits per heavy atom. The summed E-state index contributed by atoms with van der Waals surface area (Å²) in [6.45, 7) is 6.04. The molecule has 1 rings (SSSR count). The first-order chi connectivity index (χ1) is 5.27. The molecule has 0 unspecified atom stereocenters. The Labute approximate surface area is 70.0 Å². The molecule has 62 valence electrons. The smallest absolute Gasteiger partial charge is 0.0143 e. The van der Waals surface area contributed by atoms with Crippen molar-refractivity contribution in [3.05, 3.63) is 24.8 Å². The summed E-state index contributed by atoms with van der Waals surface area (Å²) >= 11 is 0. The molecule has 1 aliphatic carbocycles. The third-order valence-corrected chi connectivity index (χ3v) is 2.63. The lowest BCUT2D eigenvalue weighted by Gasteiger charge is -2.30. The second kappa shape index (κ2) is 3.75. The van der Waals surface area contributed by atoms with Crippen LogP contribution < -0.4 is 0 Å². The second-order valence-corrected chi connectivity index (χ2v) is 3.81. The first-order valence-electron chi connectivity index (χ1n) is 4.57. The van der Waals surface area contributed by atoms with Gasteiger partial charge in [-0.15, -0.1) is 0 Å². The van der Waals surface area contributed by atoms with E-state index in [1.165, 1.54) is 32.1 Å². The van der Waals surface area contributed by atoms with Crippen LogP contribution in [0.1, 0.15) is 39.0 Å². The van der Waals surface area contributed by atoms with E-state index in [4.69, 9.17) is 0 Å². The van der Waals surface area contributed by atoms with Crippen molar-refractivity contribution < 1.29 is 0 Å². The molecule has 0 aromatic heterocycles. The summed E-state index contributed by atoms with van der Waals surface area (Å²) in [6, 6.07) is 0. The predicted octanol–water partition coefficient (Wildman–Crippen LogP) is 3.70. The second-order valence-electron chi connectivity index (χ2n) is 3.81. The minimum absolute atomic E-state index is 0.479. The van der Waals surface area contributed by atoms with Gasteiger partial charge in [-0.3, -0.25) is 0 Å². The lowest BCUT2D eigenvalue weighted by atomic mass is 9.75. The molecule has 0 radical (unpaired) electrons. The molecule has 0 N–H and O–H groups in total. The zero-order valence-corrected chi connectivity index (χ0v) is 7.47. The molecule has 0 amide bonds. The van der Waals surface area contributed by atoms with Crippen molar-refractivity contribution in [2.45, 2.75) is 39.0 Å². The Balaban J connectivity index is 2.49. The van der Waals surface area contributed by atoms with Gasteiger partial charge in [0.25, 0.3) is 0 Å². The normalized spacial score (nSPS) is 23.7. The van der Waals surface area contributed by atoms with Crippen molar-refractivity contribution in [1.82, 2.24) is 0 Å². The number of hydrogen-bond acceptors (Lipinski definition) is 0. The molecule has 1 fully saturated rings. The topological polar surface area (TPSA) is 0 Å². The lowest BCUT2D eigenvalue weighted by molar-refractivity contribution is 0.286. The fourth-order valence-electron chi connectivity index (χ4n) is 1.83. The summed E-state index contributed by atoms with van der Waals surface area (Å²) in [5.74, 6) is 0. The van der Waals surface area contributed by atoms with E-state index in [0.717, 1.165) is 0 Å². The van der Waals surface area contributed by atoms with Gasteiger partial charge >= 0.3 is 0 Å². The molecular weight excluding hydrogens is 132 g/mol. The average Bonchev–Trinajstić information content (AvgIpc) is 2.03. The highest BCUT2D eigenvalue weighted by molar-refractivity contribution is 5.05. The SMILES string of the molecule is C=C/C=C/C1(C)CCCCC1. The van der Waals surface area contributed by atoms with Gasteiger partial charge in [0, 0.05) is 0 Å². The monoisotopic (exact) mass is 150 g/mol. The van der Waals surface area contributed by atoms with Crippen LogP contribution in [0.3, 0.4) is 0 Å². The van der Waals surface area contributed by atoms with Crippen molar-refractivity contribution in [2.24, 2.45) is 5.41 Å². The fraction of sp³-hybridized carbons (Fsp3) is 0.636. The van der Waals surface area contributed by atoms with E-state index < -0.39 is 0 Å². The van der Waals surface area contributed by atoms with Crippen LogP contribution in [0.25, 0.3) is 0 Å². The fourth-order valence-corrected chi connectivity index (χ4v) is 1.83. The van der Waals surface area contributed by atoms with Crippen molar-refractivity contribution in [1.29, 1.82) is 0 Å². The molecule has 11 heavy (non-hydrogen) atoms. The van der Waals surface area contributed by atoms with Crippen LogP contribution in [0.15, 0.2) is 24.8 Å². The minimum atomic E-state index is 0.479.